The Bertz CT molecular complexity index is 672. The highest BCUT2D eigenvalue weighted by atomic mass is 127. The average molecular weight is 437 g/mol. The number of halogens is 1. The van der Waals surface area contributed by atoms with Crippen LogP contribution in [0, 0.1) is 9.49 Å². The molecule has 8 heteroatoms. The number of nitrogens with zero attached hydrogens (tertiary/aromatic N) is 5. The standard InChI is InChI=1S/C16H20IN7/c17-12-7-19-15(20-8-12)22-13-4-1-10(5-13)6-18-16-21-9-14(23-24-16)11-2-3-11/h7-11,13H,1-6H2,(H,18,21,24)(H,19,20,22)/t10?,13-/m0/s1. The van der Waals surface area contributed by atoms with Gasteiger partial charge in [0.05, 0.1) is 11.9 Å². The van der Waals surface area contributed by atoms with Gasteiger partial charge in [0.1, 0.15) is 0 Å². The van der Waals surface area contributed by atoms with Gasteiger partial charge in [0, 0.05) is 34.5 Å². The topological polar surface area (TPSA) is 88.5 Å². The van der Waals surface area contributed by atoms with Crippen molar-refractivity contribution in [2.45, 2.75) is 44.1 Å². The lowest BCUT2D eigenvalue weighted by Crippen LogP contribution is -2.19. The van der Waals surface area contributed by atoms with Crippen LogP contribution >= 0.6 is 22.6 Å². The smallest absolute Gasteiger partial charge is 0.242 e. The fourth-order valence-corrected chi connectivity index (χ4v) is 3.41. The first-order valence-electron chi connectivity index (χ1n) is 8.44. The Hall–Kier alpha value is -1.58. The van der Waals surface area contributed by atoms with E-state index in [1.54, 1.807) is 0 Å². The van der Waals surface area contributed by atoms with Crippen molar-refractivity contribution in [3.63, 3.8) is 0 Å². The summed E-state index contributed by atoms with van der Waals surface area (Å²) in [5.74, 6) is 2.57. The minimum atomic E-state index is 0.438. The molecule has 2 saturated carbocycles. The van der Waals surface area contributed by atoms with Crippen molar-refractivity contribution < 1.29 is 0 Å². The van der Waals surface area contributed by atoms with Crippen LogP contribution in [-0.4, -0.2) is 37.7 Å². The molecule has 2 N–H and O–H groups in total. The van der Waals surface area contributed by atoms with E-state index in [1.807, 2.05) is 18.6 Å². The highest BCUT2D eigenvalue weighted by molar-refractivity contribution is 14.1. The van der Waals surface area contributed by atoms with Crippen LogP contribution < -0.4 is 10.6 Å². The van der Waals surface area contributed by atoms with Crippen molar-refractivity contribution in [1.82, 2.24) is 25.1 Å². The fraction of sp³-hybridized carbons (Fsp3) is 0.562. The Morgan fingerprint density at radius 2 is 1.75 bits per heavy atom. The normalized spacial score (nSPS) is 23.2. The molecule has 0 amide bonds. The van der Waals surface area contributed by atoms with Crippen LogP contribution in [0.5, 0.6) is 0 Å². The summed E-state index contributed by atoms with van der Waals surface area (Å²) in [7, 11) is 0. The first kappa shape index (κ1) is 15.9. The summed E-state index contributed by atoms with van der Waals surface area (Å²) < 4.78 is 1.05. The zero-order valence-corrected chi connectivity index (χ0v) is 15.5. The second-order valence-electron chi connectivity index (χ2n) is 6.61. The van der Waals surface area contributed by atoms with Crippen molar-refractivity contribution in [3.8, 4) is 0 Å². The van der Waals surface area contributed by atoms with Crippen LogP contribution in [0.4, 0.5) is 11.9 Å². The summed E-state index contributed by atoms with van der Waals surface area (Å²) in [4.78, 5) is 13.0. The highest BCUT2D eigenvalue weighted by Crippen LogP contribution is 2.38. The third-order valence-electron chi connectivity index (χ3n) is 4.62. The van der Waals surface area contributed by atoms with E-state index in [0.717, 1.165) is 34.6 Å². The molecule has 4 rings (SSSR count). The van der Waals surface area contributed by atoms with Gasteiger partial charge in [-0.1, -0.05) is 0 Å². The number of aromatic nitrogens is 5. The van der Waals surface area contributed by atoms with Gasteiger partial charge in [-0.2, -0.15) is 0 Å². The molecule has 2 aromatic rings. The summed E-state index contributed by atoms with van der Waals surface area (Å²) in [5.41, 5.74) is 1.03. The fourth-order valence-electron chi connectivity index (χ4n) is 3.13. The van der Waals surface area contributed by atoms with E-state index in [0.29, 0.717) is 23.8 Å². The van der Waals surface area contributed by atoms with E-state index in [-0.39, 0.29) is 0 Å². The lowest BCUT2D eigenvalue weighted by molar-refractivity contribution is 0.568. The zero-order valence-electron chi connectivity index (χ0n) is 13.3. The second kappa shape index (κ2) is 7.12. The number of nitrogens with one attached hydrogen (secondary N) is 2. The first-order valence-corrected chi connectivity index (χ1v) is 9.52. The molecule has 126 valence electrons. The Kier molecular flexibility index (Phi) is 4.72. The van der Waals surface area contributed by atoms with Crippen molar-refractivity contribution in [2.24, 2.45) is 5.92 Å². The van der Waals surface area contributed by atoms with Crippen LogP contribution in [0.15, 0.2) is 18.6 Å². The van der Waals surface area contributed by atoms with Gasteiger partial charge in [-0.05, 0) is 60.6 Å². The maximum Gasteiger partial charge on any atom is 0.242 e. The molecule has 2 aliphatic rings. The largest absolute Gasteiger partial charge is 0.353 e. The predicted molar refractivity (Wildman–Crippen MR) is 99.8 cm³/mol. The highest BCUT2D eigenvalue weighted by Gasteiger charge is 2.27. The predicted octanol–water partition coefficient (Wildman–Crippen LogP) is 2.84. The van der Waals surface area contributed by atoms with Crippen LogP contribution in [0.1, 0.15) is 43.7 Å². The number of hydrogen-bond donors (Lipinski definition) is 2. The third-order valence-corrected chi connectivity index (χ3v) is 5.18. The molecule has 2 aromatic heterocycles. The number of rotatable bonds is 6. The molecular formula is C16H20IN7. The van der Waals surface area contributed by atoms with Crippen LogP contribution in [0.25, 0.3) is 0 Å². The lowest BCUT2D eigenvalue weighted by Gasteiger charge is -2.13. The van der Waals surface area contributed by atoms with E-state index >= 15 is 0 Å². The molecular weight excluding hydrogens is 417 g/mol. The molecule has 2 fully saturated rings. The summed E-state index contributed by atoms with van der Waals surface area (Å²) >= 11 is 2.21. The lowest BCUT2D eigenvalue weighted by atomic mass is 10.1. The van der Waals surface area contributed by atoms with Crippen molar-refractivity contribution in [3.05, 3.63) is 27.9 Å². The minimum Gasteiger partial charge on any atom is -0.353 e. The van der Waals surface area contributed by atoms with Gasteiger partial charge >= 0.3 is 0 Å². The summed E-state index contributed by atoms with van der Waals surface area (Å²) in [6, 6.07) is 0.438. The van der Waals surface area contributed by atoms with Crippen molar-refractivity contribution in [1.29, 1.82) is 0 Å². The van der Waals surface area contributed by atoms with Gasteiger partial charge in [-0.25, -0.2) is 15.0 Å². The second-order valence-corrected chi connectivity index (χ2v) is 7.85. The van der Waals surface area contributed by atoms with E-state index in [2.05, 4.69) is 58.4 Å². The molecule has 24 heavy (non-hydrogen) atoms. The Balaban J connectivity index is 1.23. The van der Waals surface area contributed by atoms with Gasteiger partial charge in [0.25, 0.3) is 0 Å². The van der Waals surface area contributed by atoms with Crippen LogP contribution in [0.2, 0.25) is 0 Å². The molecule has 0 radical (unpaired) electrons. The molecule has 0 spiro atoms. The minimum absolute atomic E-state index is 0.438. The van der Waals surface area contributed by atoms with Crippen LogP contribution in [0.3, 0.4) is 0 Å². The first-order chi connectivity index (χ1) is 11.8. The van der Waals surface area contributed by atoms with Crippen molar-refractivity contribution in [2.75, 3.05) is 17.2 Å². The molecule has 2 atom stereocenters. The van der Waals surface area contributed by atoms with Gasteiger partial charge in [0.2, 0.25) is 11.9 Å². The van der Waals surface area contributed by atoms with Gasteiger partial charge in [-0.3, -0.25) is 0 Å². The quantitative estimate of drug-likeness (QED) is 0.672. The molecule has 0 aromatic carbocycles. The van der Waals surface area contributed by atoms with Gasteiger partial charge < -0.3 is 10.6 Å². The number of hydrogen-bond acceptors (Lipinski definition) is 7. The van der Waals surface area contributed by atoms with E-state index in [9.17, 15) is 0 Å². The average Bonchev–Trinajstić information content (AvgIpc) is 3.36. The van der Waals surface area contributed by atoms with Crippen molar-refractivity contribution >= 4 is 34.5 Å². The molecule has 1 unspecified atom stereocenters. The SMILES string of the molecule is Ic1cnc(N[C@H]2CCC(CNc3ncc(C4CC4)nn3)C2)nc1. The van der Waals surface area contributed by atoms with Gasteiger partial charge in [-0.15, -0.1) is 10.2 Å². The Morgan fingerprint density at radius 1 is 0.958 bits per heavy atom. The number of anilines is 2. The molecule has 2 heterocycles. The maximum atomic E-state index is 4.37. The summed E-state index contributed by atoms with van der Waals surface area (Å²) in [5, 5.41) is 15.2. The summed E-state index contributed by atoms with van der Waals surface area (Å²) in [6.07, 6.45) is 11.4. The molecule has 2 aliphatic carbocycles. The zero-order chi connectivity index (χ0) is 16.4. The maximum absolute atomic E-state index is 4.37. The Morgan fingerprint density at radius 3 is 2.46 bits per heavy atom. The van der Waals surface area contributed by atoms with Crippen LogP contribution in [-0.2, 0) is 0 Å². The Labute approximate surface area is 154 Å². The molecule has 0 bridgehead atoms. The molecule has 0 aliphatic heterocycles. The monoisotopic (exact) mass is 437 g/mol. The van der Waals surface area contributed by atoms with Gasteiger partial charge in [0.15, 0.2) is 0 Å². The van der Waals surface area contributed by atoms with E-state index < -0.39 is 0 Å². The van der Waals surface area contributed by atoms with E-state index in [4.69, 9.17) is 0 Å². The summed E-state index contributed by atoms with van der Waals surface area (Å²) in [6.45, 7) is 0.885. The molecule has 0 saturated heterocycles. The molecule has 7 nitrogen and oxygen atoms in total. The van der Waals surface area contributed by atoms with E-state index in [1.165, 1.54) is 19.3 Å². The third kappa shape index (κ3) is 4.08.